The van der Waals surface area contributed by atoms with E-state index in [9.17, 15) is 9.59 Å². The average Bonchev–Trinajstić information content (AvgIpc) is 2.51. The number of rotatable bonds is 4. The molecule has 0 bridgehead atoms. The molecule has 1 aromatic heterocycles. The maximum atomic E-state index is 11.5. The fourth-order valence-electron chi connectivity index (χ4n) is 0.909. The van der Waals surface area contributed by atoms with Crippen molar-refractivity contribution in [3.63, 3.8) is 0 Å². The topological polar surface area (TPSA) is 34.1 Å². The summed E-state index contributed by atoms with van der Waals surface area (Å²) in [5.74, 6) is -0.152. The number of halogens is 1. The maximum absolute atomic E-state index is 11.5. The Labute approximate surface area is 95.5 Å². The van der Waals surface area contributed by atoms with E-state index >= 15 is 0 Å². The van der Waals surface area contributed by atoms with Gasteiger partial charge in [-0.1, -0.05) is 13.8 Å². The van der Waals surface area contributed by atoms with E-state index in [1.54, 1.807) is 19.9 Å². The third-order valence-corrected chi connectivity index (χ3v) is 3.55. The molecule has 0 aliphatic carbocycles. The van der Waals surface area contributed by atoms with Gasteiger partial charge in [-0.05, 0) is 22.0 Å². The van der Waals surface area contributed by atoms with E-state index in [1.165, 1.54) is 11.3 Å². The molecule has 76 valence electrons. The molecule has 1 rings (SSSR count). The van der Waals surface area contributed by atoms with Crippen molar-refractivity contribution in [1.29, 1.82) is 0 Å². The van der Waals surface area contributed by atoms with Crippen LogP contribution in [-0.4, -0.2) is 11.6 Å². The van der Waals surface area contributed by atoms with Crippen molar-refractivity contribution in [3.8, 4) is 0 Å². The van der Waals surface area contributed by atoms with Crippen LogP contribution in [0.15, 0.2) is 15.9 Å². The molecule has 14 heavy (non-hydrogen) atoms. The van der Waals surface area contributed by atoms with E-state index < -0.39 is 0 Å². The lowest BCUT2D eigenvalue weighted by Crippen LogP contribution is -2.12. The van der Waals surface area contributed by atoms with Gasteiger partial charge >= 0.3 is 0 Å². The van der Waals surface area contributed by atoms with Gasteiger partial charge in [0, 0.05) is 15.8 Å². The molecule has 0 saturated heterocycles. The number of Topliss-reactive ketones (excluding diaryl/α,β-unsaturated/α-hetero) is 2. The van der Waals surface area contributed by atoms with Crippen LogP contribution in [0.1, 0.15) is 29.9 Å². The first-order valence-electron chi connectivity index (χ1n) is 4.30. The summed E-state index contributed by atoms with van der Waals surface area (Å²) in [6.07, 6.45) is 0.0185. The third-order valence-electron chi connectivity index (χ3n) is 1.82. The smallest absolute Gasteiger partial charge is 0.180 e. The monoisotopic (exact) mass is 274 g/mol. The fourth-order valence-corrected chi connectivity index (χ4v) is 2.28. The summed E-state index contributed by atoms with van der Waals surface area (Å²) in [6, 6.07) is 1.75. The maximum Gasteiger partial charge on any atom is 0.180 e. The van der Waals surface area contributed by atoms with E-state index in [4.69, 9.17) is 0 Å². The molecular weight excluding hydrogens is 264 g/mol. The van der Waals surface area contributed by atoms with Crippen molar-refractivity contribution in [2.45, 2.75) is 20.3 Å². The lowest BCUT2D eigenvalue weighted by atomic mass is 10.0. The van der Waals surface area contributed by atoms with Crippen LogP contribution in [0.4, 0.5) is 0 Å². The largest absolute Gasteiger partial charge is 0.299 e. The van der Waals surface area contributed by atoms with Crippen molar-refractivity contribution in [2.75, 3.05) is 0 Å². The van der Waals surface area contributed by atoms with Crippen molar-refractivity contribution in [2.24, 2.45) is 5.92 Å². The van der Waals surface area contributed by atoms with Gasteiger partial charge in [0.1, 0.15) is 5.78 Å². The van der Waals surface area contributed by atoms with Crippen molar-refractivity contribution in [1.82, 2.24) is 0 Å². The highest BCUT2D eigenvalue weighted by atomic mass is 79.9. The second kappa shape index (κ2) is 4.84. The standard InChI is InChI=1S/C10H11BrO2S/c1-6(2)8(12)4-9(13)10-3-7(11)5-14-10/h3,5-6H,4H2,1-2H3. The molecule has 1 heterocycles. The number of hydrogen-bond acceptors (Lipinski definition) is 3. The van der Waals surface area contributed by atoms with Crippen LogP contribution in [0.5, 0.6) is 0 Å². The number of ketones is 2. The van der Waals surface area contributed by atoms with E-state index in [0.717, 1.165) is 4.47 Å². The minimum absolute atomic E-state index is 0.000442. The normalized spacial score (nSPS) is 10.6. The zero-order chi connectivity index (χ0) is 10.7. The number of carbonyl (C=O) groups is 2. The molecule has 0 unspecified atom stereocenters. The predicted octanol–water partition coefficient (Wildman–Crippen LogP) is 3.31. The highest BCUT2D eigenvalue weighted by Crippen LogP contribution is 2.21. The van der Waals surface area contributed by atoms with Gasteiger partial charge in [-0.3, -0.25) is 9.59 Å². The molecule has 0 aliphatic heterocycles. The zero-order valence-corrected chi connectivity index (χ0v) is 10.4. The quantitative estimate of drug-likeness (QED) is 0.624. The summed E-state index contributed by atoms with van der Waals surface area (Å²) >= 11 is 4.63. The van der Waals surface area contributed by atoms with Crippen molar-refractivity contribution < 1.29 is 9.59 Å². The van der Waals surface area contributed by atoms with Crippen LogP contribution in [-0.2, 0) is 4.79 Å². The van der Waals surface area contributed by atoms with Gasteiger partial charge in [-0.2, -0.15) is 0 Å². The Hall–Kier alpha value is -0.480. The van der Waals surface area contributed by atoms with Crippen molar-refractivity contribution >= 4 is 38.8 Å². The minimum atomic E-state index is -0.0839. The predicted molar refractivity (Wildman–Crippen MR) is 60.8 cm³/mol. The molecular formula is C10H11BrO2S. The van der Waals surface area contributed by atoms with Crippen molar-refractivity contribution in [3.05, 3.63) is 20.8 Å². The molecule has 0 N–H and O–H groups in total. The summed E-state index contributed by atoms with van der Waals surface area (Å²) in [5, 5.41) is 1.84. The van der Waals surface area contributed by atoms with Crippen LogP contribution in [0.2, 0.25) is 0 Å². The van der Waals surface area contributed by atoms with E-state index in [1.807, 2.05) is 5.38 Å². The molecule has 2 nitrogen and oxygen atoms in total. The van der Waals surface area contributed by atoms with Gasteiger partial charge in [-0.25, -0.2) is 0 Å². The van der Waals surface area contributed by atoms with Crippen LogP contribution >= 0.6 is 27.3 Å². The Balaban J connectivity index is 2.64. The summed E-state index contributed by atoms with van der Waals surface area (Å²) in [4.78, 5) is 23.5. The molecule has 0 aliphatic rings. The van der Waals surface area contributed by atoms with Gasteiger partial charge in [0.2, 0.25) is 0 Å². The molecule has 0 aromatic carbocycles. The highest BCUT2D eigenvalue weighted by molar-refractivity contribution is 9.10. The van der Waals surface area contributed by atoms with Crippen LogP contribution < -0.4 is 0 Å². The van der Waals surface area contributed by atoms with Crippen LogP contribution in [0, 0.1) is 5.92 Å². The van der Waals surface area contributed by atoms with Gasteiger partial charge in [-0.15, -0.1) is 11.3 Å². The Morgan fingerprint density at radius 1 is 1.50 bits per heavy atom. The molecule has 0 amide bonds. The second-order valence-corrected chi connectivity index (χ2v) is 5.18. The molecule has 0 atom stereocenters. The fraction of sp³-hybridized carbons (Fsp3) is 0.400. The molecule has 0 spiro atoms. The summed E-state index contributed by atoms with van der Waals surface area (Å²) in [6.45, 7) is 3.61. The summed E-state index contributed by atoms with van der Waals surface area (Å²) in [5.41, 5.74) is 0. The number of hydrogen-bond donors (Lipinski definition) is 0. The lowest BCUT2D eigenvalue weighted by molar-refractivity contribution is -0.121. The third kappa shape index (κ3) is 3.03. The first-order valence-corrected chi connectivity index (χ1v) is 5.98. The summed E-state index contributed by atoms with van der Waals surface area (Å²) < 4.78 is 0.892. The van der Waals surface area contributed by atoms with Gasteiger partial charge in [0.25, 0.3) is 0 Å². The molecule has 0 radical (unpaired) electrons. The highest BCUT2D eigenvalue weighted by Gasteiger charge is 2.15. The van der Waals surface area contributed by atoms with E-state index in [2.05, 4.69) is 15.9 Å². The molecule has 1 aromatic rings. The zero-order valence-electron chi connectivity index (χ0n) is 8.04. The first kappa shape index (κ1) is 11.6. The number of thiophene rings is 1. The van der Waals surface area contributed by atoms with Gasteiger partial charge in [0.05, 0.1) is 11.3 Å². The minimum Gasteiger partial charge on any atom is -0.299 e. The Bertz CT molecular complexity index is 355. The van der Waals surface area contributed by atoms with Gasteiger partial charge < -0.3 is 0 Å². The second-order valence-electron chi connectivity index (χ2n) is 3.35. The van der Waals surface area contributed by atoms with Gasteiger partial charge in [0.15, 0.2) is 5.78 Å². The Morgan fingerprint density at radius 3 is 2.57 bits per heavy atom. The summed E-state index contributed by atoms with van der Waals surface area (Å²) in [7, 11) is 0. The van der Waals surface area contributed by atoms with E-state index in [-0.39, 0.29) is 23.9 Å². The molecule has 4 heteroatoms. The van der Waals surface area contributed by atoms with Crippen LogP contribution in [0.3, 0.4) is 0 Å². The number of carbonyl (C=O) groups excluding carboxylic acids is 2. The average molecular weight is 275 g/mol. The SMILES string of the molecule is CC(C)C(=O)CC(=O)c1cc(Br)cs1. The first-order chi connectivity index (χ1) is 6.50. The Kier molecular flexibility index (Phi) is 4.01. The van der Waals surface area contributed by atoms with E-state index in [0.29, 0.717) is 4.88 Å². The molecule has 0 fully saturated rings. The molecule has 0 saturated carbocycles. The Morgan fingerprint density at radius 2 is 2.14 bits per heavy atom. The lowest BCUT2D eigenvalue weighted by Gasteiger charge is -2.01. The van der Waals surface area contributed by atoms with Crippen LogP contribution in [0.25, 0.3) is 0 Å².